The van der Waals surface area contributed by atoms with E-state index in [1.54, 1.807) is 4.90 Å². The second kappa shape index (κ2) is 8.33. The number of rotatable bonds is 7. The molecule has 0 aliphatic carbocycles. The summed E-state index contributed by atoms with van der Waals surface area (Å²) in [5, 5.41) is 12.6. The topological polar surface area (TPSA) is 61.8 Å². The van der Waals surface area contributed by atoms with Gasteiger partial charge in [0.25, 0.3) is 0 Å². The largest absolute Gasteiger partial charge is 0.392 e. The van der Waals surface area contributed by atoms with Crippen LogP contribution in [0.15, 0.2) is 18.2 Å². The van der Waals surface area contributed by atoms with Gasteiger partial charge in [-0.3, -0.25) is 9.69 Å². The van der Waals surface area contributed by atoms with Crippen molar-refractivity contribution in [3.05, 3.63) is 35.4 Å². The minimum Gasteiger partial charge on any atom is -0.392 e. The van der Waals surface area contributed by atoms with Gasteiger partial charge in [0.15, 0.2) is 11.6 Å². The molecule has 1 saturated heterocycles. The van der Waals surface area contributed by atoms with Crippen LogP contribution in [-0.4, -0.2) is 54.9 Å². The number of ether oxygens (including phenoxy) is 1. The Bertz CT molecular complexity index is 542. The van der Waals surface area contributed by atoms with Gasteiger partial charge < -0.3 is 15.2 Å². The molecule has 1 aliphatic rings. The normalized spacial score (nSPS) is 21.6. The zero-order valence-electron chi connectivity index (χ0n) is 13.1. The van der Waals surface area contributed by atoms with Crippen LogP contribution in [-0.2, 0) is 9.53 Å². The molecule has 0 aromatic heterocycles. The lowest BCUT2D eigenvalue weighted by Crippen LogP contribution is -2.38. The third-order valence-electron chi connectivity index (χ3n) is 3.83. The van der Waals surface area contributed by atoms with Crippen LogP contribution in [0.25, 0.3) is 0 Å². The van der Waals surface area contributed by atoms with Gasteiger partial charge in [-0.05, 0) is 31.0 Å². The summed E-state index contributed by atoms with van der Waals surface area (Å²) in [7, 11) is 0. The summed E-state index contributed by atoms with van der Waals surface area (Å²) < 4.78 is 31.6. The number of aliphatic hydroxyl groups excluding tert-OH is 1. The van der Waals surface area contributed by atoms with E-state index in [-0.39, 0.29) is 18.5 Å². The molecule has 0 spiro atoms. The molecule has 2 N–H and O–H groups in total. The quantitative estimate of drug-likeness (QED) is 0.739. The predicted molar refractivity (Wildman–Crippen MR) is 80.8 cm³/mol. The fourth-order valence-corrected chi connectivity index (χ4v) is 2.77. The van der Waals surface area contributed by atoms with E-state index < -0.39 is 17.7 Å². The van der Waals surface area contributed by atoms with E-state index in [4.69, 9.17) is 4.74 Å². The number of likely N-dealkylation sites (tertiary alicyclic amines) is 1. The summed E-state index contributed by atoms with van der Waals surface area (Å²) in [5.41, 5.74) is 0.558. The van der Waals surface area contributed by atoms with Gasteiger partial charge in [-0.25, -0.2) is 8.78 Å². The molecule has 0 unspecified atom stereocenters. The molecule has 0 radical (unpaired) electrons. The van der Waals surface area contributed by atoms with Crippen molar-refractivity contribution in [2.45, 2.75) is 25.5 Å². The van der Waals surface area contributed by atoms with Crippen LogP contribution < -0.4 is 5.32 Å². The van der Waals surface area contributed by atoms with Crippen molar-refractivity contribution >= 4 is 5.91 Å². The molecular weight excluding hydrogens is 306 g/mol. The van der Waals surface area contributed by atoms with Gasteiger partial charge in [0.1, 0.15) is 0 Å². The van der Waals surface area contributed by atoms with Gasteiger partial charge in [0, 0.05) is 25.7 Å². The van der Waals surface area contributed by atoms with Crippen LogP contribution in [0.5, 0.6) is 0 Å². The van der Waals surface area contributed by atoms with Gasteiger partial charge in [-0.15, -0.1) is 0 Å². The fourth-order valence-electron chi connectivity index (χ4n) is 2.77. The molecule has 23 heavy (non-hydrogen) atoms. The summed E-state index contributed by atoms with van der Waals surface area (Å²) in [5.74, 6) is -2.02. The lowest BCUT2D eigenvalue weighted by molar-refractivity contribution is -0.122. The van der Waals surface area contributed by atoms with Crippen LogP contribution >= 0.6 is 0 Å². The molecule has 1 amide bonds. The Hall–Kier alpha value is -1.57. The smallest absolute Gasteiger partial charge is 0.234 e. The van der Waals surface area contributed by atoms with E-state index in [0.717, 1.165) is 12.1 Å². The number of halogens is 2. The van der Waals surface area contributed by atoms with E-state index >= 15 is 0 Å². The second-order valence-corrected chi connectivity index (χ2v) is 5.56. The zero-order valence-corrected chi connectivity index (χ0v) is 13.1. The molecular formula is C16H22F2N2O3. The predicted octanol–water partition coefficient (Wildman–Crippen LogP) is 1.23. The van der Waals surface area contributed by atoms with Crippen LogP contribution in [0.4, 0.5) is 8.78 Å². The molecule has 1 heterocycles. The first-order valence-electron chi connectivity index (χ1n) is 7.72. The van der Waals surface area contributed by atoms with E-state index in [0.29, 0.717) is 38.3 Å². The van der Waals surface area contributed by atoms with Gasteiger partial charge in [-0.2, -0.15) is 0 Å². The standard InChI is InChI=1S/C16H22F2N2O3/c1-2-23-6-5-19-16(22)10-20-9-12(21)8-15(20)11-3-4-13(17)14(18)7-11/h3-4,7,12,15,21H,2,5-6,8-10H2,1H3,(H,19,22)/t12-,15+/m1/s1. The Morgan fingerprint density at radius 1 is 1.43 bits per heavy atom. The number of aliphatic hydroxyl groups is 1. The van der Waals surface area contributed by atoms with Gasteiger partial charge in [0.05, 0.1) is 19.3 Å². The van der Waals surface area contributed by atoms with Gasteiger partial charge in [-0.1, -0.05) is 6.07 Å². The fraction of sp³-hybridized carbons (Fsp3) is 0.562. The molecule has 128 valence electrons. The highest BCUT2D eigenvalue weighted by Gasteiger charge is 2.33. The second-order valence-electron chi connectivity index (χ2n) is 5.56. The monoisotopic (exact) mass is 328 g/mol. The minimum absolute atomic E-state index is 0.0901. The average molecular weight is 328 g/mol. The maximum atomic E-state index is 13.4. The molecule has 0 bridgehead atoms. The summed E-state index contributed by atoms with van der Waals surface area (Å²) in [6.07, 6.45) is -0.207. The van der Waals surface area contributed by atoms with Crippen molar-refractivity contribution in [3.8, 4) is 0 Å². The van der Waals surface area contributed by atoms with Crippen molar-refractivity contribution in [2.75, 3.05) is 32.8 Å². The summed E-state index contributed by atoms with van der Waals surface area (Å²) in [6, 6.07) is 3.37. The Labute approximate surface area is 134 Å². The van der Waals surface area contributed by atoms with Gasteiger partial charge in [0.2, 0.25) is 5.91 Å². The van der Waals surface area contributed by atoms with Crippen LogP contribution in [0.1, 0.15) is 24.9 Å². The maximum Gasteiger partial charge on any atom is 0.234 e. The third-order valence-corrected chi connectivity index (χ3v) is 3.83. The van der Waals surface area contributed by atoms with Crippen molar-refractivity contribution < 1.29 is 23.4 Å². The highest BCUT2D eigenvalue weighted by atomic mass is 19.2. The molecule has 2 atom stereocenters. The van der Waals surface area contributed by atoms with Crippen LogP contribution in [0.3, 0.4) is 0 Å². The van der Waals surface area contributed by atoms with E-state index in [9.17, 15) is 18.7 Å². The molecule has 2 rings (SSSR count). The number of benzene rings is 1. The number of nitrogens with one attached hydrogen (secondary N) is 1. The maximum absolute atomic E-state index is 13.4. The van der Waals surface area contributed by atoms with E-state index in [1.807, 2.05) is 6.92 Å². The number of hydrogen-bond acceptors (Lipinski definition) is 4. The van der Waals surface area contributed by atoms with Crippen molar-refractivity contribution in [3.63, 3.8) is 0 Å². The highest BCUT2D eigenvalue weighted by molar-refractivity contribution is 5.78. The summed E-state index contributed by atoms with van der Waals surface area (Å²) >= 11 is 0. The number of nitrogens with zero attached hydrogens (tertiary/aromatic N) is 1. The highest BCUT2D eigenvalue weighted by Crippen LogP contribution is 2.32. The zero-order chi connectivity index (χ0) is 16.8. The van der Waals surface area contributed by atoms with E-state index in [1.165, 1.54) is 6.07 Å². The summed E-state index contributed by atoms with van der Waals surface area (Å²) in [6.45, 7) is 3.73. The molecule has 7 heteroatoms. The minimum atomic E-state index is -0.926. The third kappa shape index (κ3) is 4.95. The Morgan fingerprint density at radius 2 is 2.22 bits per heavy atom. The molecule has 1 aliphatic heterocycles. The first kappa shape index (κ1) is 17.8. The molecule has 1 aromatic carbocycles. The Kier molecular flexibility index (Phi) is 6.44. The number of carbonyl (C=O) groups excluding carboxylic acids is 1. The lowest BCUT2D eigenvalue weighted by atomic mass is 10.0. The van der Waals surface area contributed by atoms with Crippen molar-refractivity contribution in [1.82, 2.24) is 10.2 Å². The lowest BCUT2D eigenvalue weighted by Gasteiger charge is -2.24. The number of hydrogen-bond donors (Lipinski definition) is 2. The molecule has 5 nitrogen and oxygen atoms in total. The number of carbonyl (C=O) groups is 1. The summed E-state index contributed by atoms with van der Waals surface area (Å²) in [4.78, 5) is 13.7. The number of amides is 1. The number of β-amino-alcohol motifs (C(OH)–C–C–N with tert-alkyl or cyclic N) is 1. The van der Waals surface area contributed by atoms with Gasteiger partial charge >= 0.3 is 0 Å². The Balaban J connectivity index is 1.96. The first-order chi connectivity index (χ1) is 11.0. The first-order valence-corrected chi connectivity index (χ1v) is 7.72. The van der Waals surface area contributed by atoms with Crippen LogP contribution in [0, 0.1) is 11.6 Å². The average Bonchev–Trinajstić information content (AvgIpc) is 2.87. The molecule has 0 saturated carbocycles. The molecule has 1 aromatic rings. The van der Waals surface area contributed by atoms with E-state index in [2.05, 4.69) is 5.32 Å². The Morgan fingerprint density at radius 3 is 2.91 bits per heavy atom. The van der Waals surface area contributed by atoms with Crippen molar-refractivity contribution in [2.24, 2.45) is 0 Å². The van der Waals surface area contributed by atoms with Crippen LogP contribution in [0.2, 0.25) is 0 Å². The molecule has 1 fully saturated rings. The SMILES string of the molecule is CCOCCNC(=O)CN1C[C@H](O)C[C@H]1c1ccc(F)c(F)c1. The van der Waals surface area contributed by atoms with Crippen molar-refractivity contribution in [1.29, 1.82) is 0 Å².